The van der Waals surface area contributed by atoms with E-state index in [0.717, 1.165) is 32.2 Å². The fraction of sp³-hybridized carbons (Fsp3) is 0.923. The van der Waals surface area contributed by atoms with Crippen LogP contribution in [0, 0.1) is 0 Å². The molecule has 1 amide bonds. The van der Waals surface area contributed by atoms with Crippen molar-refractivity contribution in [3.05, 3.63) is 0 Å². The van der Waals surface area contributed by atoms with Gasteiger partial charge in [0.1, 0.15) is 0 Å². The van der Waals surface area contributed by atoms with E-state index in [-0.39, 0.29) is 11.9 Å². The highest BCUT2D eigenvalue weighted by Gasteiger charge is 2.31. The highest BCUT2D eigenvalue weighted by molar-refractivity contribution is 5.86. The smallest absolute Gasteiger partial charge is 0.240 e. The van der Waals surface area contributed by atoms with Crippen molar-refractivity contribution in [2.24, 2.45) is 0 Å². The van der Waals surface area contributed by atoms with Gasteiger partial charge in [0.15, 0.2) is 0 Å². The zero-order valence-electron chi connectivity index (χ0n) is 11.5. The van der Waals surface area contributed by atoms with E-state index >= 15 is 0 Å². The third-order valence-electron chi connectivity index (χ3n) is 2.72. The lowest BCUT2D eigenvalue weighted by molar-refractivity contribution is -0.127. The maximum atomic E-state index is 12.1. The summed E-state index contributed by atoms with van der Waals surface area (Å²) in [5, 5.41) is 6.37. The van der Waals surface area contributed by atoms with Crippen molar-refractivity contribution in [1.29, 1.82) is 0 Å². The van der Waals surface area contributed by atoms with Crippen molar-refractivity contribution >= 4 is 5.91 Å². The topological polar surface area (TPSA) is 41.1 Å². The summed E-state index contributed by atoms with van der Waals surface area (Å²) in [5.41, 5.74) is -0.406. The molecule has 0 radical (unpaired) electrons. The Hall–Kier alpha value is -0.570. The van der Waals surface area contributed by atoms with E-state index in [9.17, 15) is 4.79 Å². The fourth-order valence-electron chi connectivity index (χ4n) is 1.63. The summed E-state index contributed by atoms with van der Waals surface area (Å²) >= 11 is 0. The highest BCUT2D eigenvalue weighted by Crippen LogP contribution is 2.14. The first kappa shape index (κ1) is 15.4. The predicted molar refractivity (Wildman–Crippen MR) is 69.5 cm³/mol. The second kappa shape index (κ2) is 7.66. The molecule has 0 aromatic carbocycles. The number of nitrogens with one attached hydrogen (secondary N) is 2. The molecule has 1 atom stereocenters. The average molecular weight is 228 g/mol. The van der Waals surface area contributed by atoms with Crippen LogP contribution < -0.4 is 10.6 Å². The molecule has 0 saturated heterocycles. The zero-order chi connectivity index (χ0) is 12.6. The summed E-state index contributed by atoms with van der Waals surface area (Å²) in [6.07, 6.45) is 4.16. The average Bonchev–Trinajstić information content (AvgIpc) is 2.22. The molecule has 0 aliphatic heterocycles. The van der Waals surface area contributed by atoms with Crippen LogP contribution in [0.2, 0.25) is 0 Å². The van der Waals surface area contributed by atoms with Crippen LogP contribution in [0.3, 0.4) is 0 Å². The van der Waals surface area contributed by atoms with Crippen LogP contribution in [0.25, 0.3) is 0 Å². The standard InChI is InChI=1S/C13H28N2O/c1-6-8-9-13(5,14-10-7-2)12(16)15-11(3)4/h11,14H,6-10H2,1-5H3,(H,15,16). The van der Waals surface area contributed by atoms with E-state index in [0.29, 0.717) is 0 Å². The van der Waals surface area contributed by atoms with Gasteiger partial charge in [0.2, 0.25) is 5.91 Å². The van der Waals surface area contributed by atoms with Crippen molar-refractivity contribution in [2.45, 2.75) is 71.9 Å². The van der Waals surface area contributed by atoms with Crippen molar-refractivity contribution in [1.82, 2.24) is 10.6 Å². The van der Waals surface area contributed by atoms with Crippen molar-refractivity contribution < 1.29 is 4.79 Å². The first-order valence-corrected chi connectivity index (χ1v) is 6.52. The van der Waals surface area contributed by atoms with Gasteiger partial charge in [0, 0.05) is 6.04 Å². The quantitative estimate of drug-likeness (QED) is 0.670. The first-order valence-electron chi connectivity index (χ1n) is 6.52. The third kappa shape index (κ3) is 5.50. The van der Waals surface area contributed by atoms with Crippen LogP contribution in [0.5, 0.6) is 0 Å². The molecule has 0 heterocycles. The Morgan fingerprint density at radius 1 is 1.25 bits per heavy atom. The lowest BCUT2D eigenvalue weighted by Crippen LogP contribution is -2.56. The second-order valence-corrected chi connectivity index (χ2v) is 4.99. The van der Waals surface area contributed by atoms with Gasteiger partial charge in [-0.15, -0.1) is 0 Å². The summed E-state index contributed by atoms with van der Waals surface area (Å²) < 4.78 is 0. The molecule has 3 nitrogen and oxygen atoms in total. The van der Waals surface area contributed by atoms with Crippen LogP contribution >= 0.6 is 0 Å². The Bertz CT molecular complexity index is 194. The van der Waals surface area contributed by atoms with Gasteiger partial charge in [-0.05, 0) is 40.2 Å². The lowest BCUT2D eigenvalue weighted by atomic mass is 9.93. The molecule has 0 bridgehead atoms. The van der Waals surface area contributed by atoms with Crippen LogP contribution in [0.4, 0.5) is 0 Å². The van der Waals surface area contributed by atoms with Crippen molar-refractivity contribution in [3.63, 3.8) is 0 Å². The number of hydrogen-bond donors (Lipinski definition) is 2. The highest BCUT2D eigenvalue weighted by atomic mass is 16.2. The number of carbonyl (C=O) groups excluding carboxylic acids is 1. The van der Waals surface area contributed by atoms with E-state index < -0.39 is 5.54 Å². The largest absolute Gasteiger partial charge is 0.352 e. The van der Waals surface area contributed by atoms with Crippen molar-refractivity contribution in [2.75, 3.05) is 6.54 Å². The lowest BCUT2D eigenvalue weighted by Gasteiger charge is -2.30. The third-order valence-corrected chi connectivity index (χ3v) is 2.72. The number of carbonyl (C=O) groups is 1. The van der Waals surface area contributed by atoms with Gasteiger partial charge in [-0.3, -0.25) is 4.79 Å². The fourth-order valence-corrected chi connectivity index (χ4v) is 1.63. The minimum absolute atomic E-state index is 0.129. The van der Waals surface area contributed by atoms with Crippen LogP contribution in [0.15, 0.2) is 0 Å². The Morgan fingerprint density at radius 2 is 1.88 bits per heavy atom. The Morgan fingerprint density at radius 3 is 2.31 bits per heavy atom. The van der Waals surface area contributed by atoms with Gasteiger partial charge in [-0.2, -0.15) is 0 Å². The van der Waals surface area contributed by atoms with Crippen LogP contribution in [-0.4, -0.2) is 24.0 Å². The first-order chi connectivity index (χ1) is 7.46. The van der Waals surface area contributed by atoms with E-state index in [4.69, 9.17) is 0 Å². The van der Waals surface area contributed by atoms with Gasteiger partial charge in [0.05, 0.1) is 5.54 Å². The van der Waals surface area contributed by atoms with E-state index in [1.165, 1.54) is 0 Å². The van der Waals surface area contributed by atoms with Gasteiger partial charge in [-0.1, -0.05) is 26.7 Å². The molecule has 16 heavy (non-hydrogen) atoms. The monoisotopic (exact) mass is 228 g/mol. The summed E-state index contributed by atoms with van der Waals surface area (Å²) in [7, 11) is 0. The molecule has 0 spiro atoms. The Kier molecular flexibility index (Phi) is 7.39. The van der Waals surface area contributed by atoms with E-state index in [1.807, 2.05) is 20.8 Å². The summed E-state index contributed by atoms with van der Waals surface area (Å²) in [6.45, 7) is 11.2. The van der Waals surface area contributed by atoms with Gasteiger partial charge < -0.3 is 10.6 Å². The maximum Gasteiger partial charge on any atom is 0.240 e. The molecule has 0 fully saturated rings. The molecule has 0 saturated carbocycles. The second-order valence-electron chi connectivity index (χ2n) is 4.99. The molecule has 96 valence electrons. The maximum absolute atomic E-state index is 12.1. The molecular weight excluding hydrogens is 200 g/mol. The SMILES string of the molecule is CCCCC(C)(NCCC)C(=O)NC(C)C. The number of rotatable bonds is 8. The van der Waals surface area contributed by atoms with Gasteiger partial charge >= 0.3 is 0 Å². The van der Waals surface area contributed by atoms with Gasteiger partial charge in [-0.25, -0.2) is 0 Å². The van der Waals surface area contributed by atoms with Crippen LogP contribution in [0.1, 0.15) is 60.3 Å². The van der Waals surface area contributed by atoms with Crippen molar-refractivity contribution in [3.8, 4) is 0 Å². The minimum Gasteiger partial charge on any atom is -0.352 e. The molecule has 0 aliphatic carbocycles. The minimum atomic E-state index is -0.406. The normalized spacial score (nSPS) is 14.9. The van der Waals surface area contributed by atoms with Crippen LogP contribution in [-0.2, 0) is 4.79 Å². The van der Waals surface area contributed by atoms with Gasteiger partial charge in [0.25, 0.3) is 0 Å². The molecule has 3 heteroatoms. The molecule has 0 rings (SSSR count). The zero-order valence-corrected chi connectivity index (χ0v) is 11.5. The van der Waals surface area contributed by atoms with E-state index in [2.05, 4.69) is 24.5 Å². The van der Waals surface area contributed by atoms with E-state index in [1.54, 1.807) is 0 Å². The molecular formula is C13H28N2O. The Labute approximate surface area is 100 Å². The molecule has 0 aliphatic rings. The number of unbranched alkanes of at least 4 members (excludes halogenated alkanes) is 1. The molecule has 0 aromatic heterocycles. The predicted octanol–water partition coefficient (Wildman–Crippen LogP) is 2.46. The summed E-state index contributed by atoms with van der Waals surface area (Å²) in [5.74, 6) is 0.129. The number of amides is 1. The summed E-state index contributed by atoms with van der Waals surface area (Å²) in [4.78, 5) is 12.1. The molecule has 1 unspecified atom stereocenters. The number of hydrogen-bond acceptors (Lipinski definition) is 2. The summed E-state index contributed by atoms with van der Waals surface area (Å²) in [6, 6.07) is 0.205. The molecule has 2 N–H and O–H groups in total. The Balaban J connectivity index is 4.42. The molecule has 0 aromatic rings.